The number of nitro benzene ring substituents is 1. The van der Waals surface area contributed by atoms with Crippen LogP contribution in [-0.2, 0) is 9.59 Å². The summed E-state index contributed by atoms with van der Waals surface area (Å²) in [6, 6.07) is 8.49. The molecule has 3 rings (SSSR count). The molecule has 30 heavy (non-hydrogen) atoms. The molecule has 0 spiro atoms. The molecule has 1 heterocycles. The summed E-state index contributed by atoms with van der Waals surface area (Å²) in [7, 11) is 0. The predicted molar refractivity (Wildman–Crippen MR) is 109 cm³/mol. The molecule has 0 aliphatic carbocycles. The van der Waals surface area contributed by atoms with Crippen molar-refractivity contribution in [3.05, 3.63) is 81.4 Å². The lowest BCUT2D eigenvalue weighted by molar-refractivity contribution is -0.384. The second kappa shape index (κ2) is 8.58. The molecular weight excluding hydrogens is 414 g/mol. The second-order valence-corrected chi connectivity index (χ2v) is 6.43. The van der Waals surface area contributed by atoms with Crippen LogP contribution in [0.25, 0.3) is 6.08 Å². The van der Waals surface area contributed by atoms with Crippen molar-refractivity contribution in [2.75, 3.05) is 11.5 Å². The molecule has 0 unspecified atom stereocenters. The Labute approximate surface area is 175 Å². The summed E-state index contributed by atoms with van der Waals surface area (Å²) < 4.78 is 5.37. The number of urea groups is 1. The Morgan fingerprint density at radius 2 is 1.87 bits per heavy atom. The van der Waals surface area contributed by atoms with Gasteiger partial charge in [-0.05, 0) is 35.9 Å². The SMILES string of the molecule is C=CCOc1ccc(/C=C2\C(=O)NC(=O)N(c3ccc([N+](=O)[O-])cc3)C2=O)cc1Cl. The number of hydrogen-bond acceptors (Lipinski definition) is 6. The first kappa shape index (κ1) is 20.7. The first-order valence-electron chi connectivity index (χ1n) is 8.51. The Balaban J connectivity index is 1.93. The maximum atomic E-state index is 12.8. The van der Waals surface area contributed by atoms with Crippen LogP contribution < -0.4 is 15.0 Å². The Morgan fingerprint density at radius 1 is 1.17 bits per heavy atom. The molecule has 2 aromatic carbocycles. The van der Waals surface area contributed by atoms with E-state index in [1.807, 2.05) is 0 Å². The van der Waals surface area contributed by atoms with Crippen LogP contribution in [0.15, 0.2) is 60.7 Å². The van der Waals surface area contributed by atoms with E-state index in [9.17, 15) is 24.5 Å². The zero-order valence-corrected chi connectivity index (χ0v) is 16.1. The van der Waals surface area contributed by atoms with Crippen LogP contribution in [0.4, 0.5) is 16.2 Å². The van der Waals surface area contributed by atoms with Crippen molar-refractivity contribution in [1.29, 1.82) is 0 Å². The molecule has 4 amide bonds. The number of barbiturate groups is 1. The molecule has 152 valence electrons. The van der Waals surface area contributed by atoms with Crippen molar-refractivity contribution in [2.24, 2.45) is 0 Å². The number of carbonyl (C=O) groups excluding carboxylic acids is 3. The molecule has 0 bridgehead atoms. The Kier molecular flexibility index (Phi) is 5.93. The first-order chi connectivity index (χ1) is 14.3. The van der Waals surface area contributed by atoms with E-state index in [1.54, 1.807) is 18.2 Å². The predicted octanol–water partition coefficient (Wildman–Crippen LogP) is 3.48. The number of benzene rings is 2. The third kappa shape index (κ3) is 4.20. The van der Waals surface area contributed by atoms with E-state index < -0.39 is 22.8 Å². The molecule has 2 aromatic rings. The highest BCUT2D eigenvalue weighted by atomic mass is 35.5. The Bertz CT molecular complexity index is 1090. The average Bonchev–Trinajstić information content (AvgIpc) is 2.70. The van der Waals surface area contributed by atoms with E-state index in [2.05, 4.69) is 11.9 Å². The molecule has 1 N–H and O–H groups in total. The van der Waals surface area contributed by atoms with Crippen LogP contribution in [0.5, 0.6) is 5.75 Å². The molecule has 0 saturated carbocycles. The summed E-state index contributed by atoms with van der Waals surface area (Å²) in [5, 5.41) is 13.1. The van der Waals surface area contributed by atoms with Gasteiger partial charge in [0, 0.05) is 12.1 Å². The molecule has 0 radical (unpaired) electrons. The third-order valence-corrected chi connectivity index (χ3v) is 4.34. The molecular formula is C20H14ClN3O6. The van der Waals surface area contributed by atoms with E-state index in [1.165, 1.54) is 24.3 Å². The van der Waals surface area contributed by atoms with E-state index >= 15 is 0 Å². The van der Waals surface area contributed by atoms with Gasteiger partial charge >= 0.3 is 6.03 Å². The van der Waals surface area contributed by atoms with Crippen LogP contribution in [0.1, 0.15) is 5.56 Å². The number of rotatable bonds is 6. The van der Waals surface area contributed by atoms with Gasteiger partial charge in [-0.1, -0.05) is 30.3 Å². The highest BCUT2D eigenvalue weighted by molar-refractivity contribution is 6.39. The van der Waals surface area contributed by atoms with E-state index in [4.69, 9.17) is 16.3 Å². The quantitative estimate of drug-likeness (QED) is 0.248. The summed E-state index contributed by atoms with van der Waals surface area (Å²) in [6.45, 7) is 3.80. The first-order valence-corrected chi connectivity index (χ1v) is 8.88. The van der Waals surface area contributed by atoms with Crippen LogP contribution in [0, 0.1) is 10.1 Å². The zero-order valence-electron chi connectivity index (χ0n) is 15.3. The number of ether oxygens (including phenoxy) is 1. The van der Waals surface area contributed by atoms with Gasteiger partial charge in [-0.2, -0.15) is 0 Å². The lowest BCUT2D eigenvalue weighted by Crippen LogP contribution is -2.54. The van der Waals surface area contributed by atoms with Gasteiger partial charge < -0.3 is 4.74 Å². The summed E-state index contributed by atoms with van der Waals surface area (Å²) in [5.41, 5.74) is 0.00259. The number of amides is 4. The van der Waals surface area contributed by atoms with Gasteiger partial charge in [0.25, 0.3) is 17.5 Å². The number of halogens is 1. The van der Waals surface area contributed by atoms with Crippen LogP contribution >= 0.6 is 11.6 Å². The molecule has 0 atom stereocenters. The fourth-order valence-electron chi connectivity index (χ4n) is 2.65. The standard InChI is InChI=1S/C20H14ClN3O6/c1-2-9-30-17-8-3-12(11-16(17)21)10-15-18(25)22-20(27)23(19(15)26)13-4-6-14(7-5-13)24(28)29/h2-8,10-11H,1,9H2,(H,22,25,27)/b15-10+. The van der Waals surface area contributed by atoms with Gasteiger partial charge in [0.15, 0.2) is 0 Å². The summed E-state index contributed by atoms with van der Waals surface area (Å²) in [4.78, 5) is 48.2. The van der Waals surface area contributed by atoms with Crippen LogP contribution in [0.3, 0.4) is 0 Å². The van der Waals surface area contributed by atoms with E-state index in [-0.39, 0.29) is 28.6 Å². The monoisotopic (exact) mass is 427 g/mol. The molecule has 1 saturated heterocycles. The van der Waals surface area contributed by atoms with Gasteiger partial charge in [-0.25, -0.2) is 9.69 Å². The van der Waals surface area contributed by atoms with Gasteiger partial charge in [-0.15, -0.1) is 0 Å². The van der Waals surface area contributed by atoms with Crippen molar-refractivity contribution in [2.45, 2.75) is 0 Å². The van der Waals surface area contributed by atoms with Crippen molar-refractivity contribution in [3.8, 4) is 5.75 Å². The summed E-state index contributed by atoms with van der Waals surface area (Å²) >= 11 is 6.15. The number of non-ortho nitro benzene ring substituents is 1. The number of carbonyl (C=O) groups is 3. The second-order valence-electron chi connectivity index (χ2n) is 6.02. The van der Waals surface area contributed by atoms with Gasteiger partial charge in [-0.3, -0.25) is 25.0 Å². The van der Waals surface area contributed by atoms with Crippen molar-refractivity contribution < 1.29 is 24.0 Å². The normalized spacial score (nSPS) is 15.2. The summed E-state index contributed by atoms with van der Waals surface area (Å²) in [5.74, 6) is -1.34. The topological polar surface area (TPSA) is 119 Å². The Morgan fingerprint density at radius 3 is 2.47 bits per heavy atom. The maximum absolute atomic E-state index is 12.8. The number of nitro groups is 1. The molecule has 9 nitrogen and oxygen atoms in total. The van der Waals surface area contributed by atoms with Crippen LogP contribution in [-0.4, -0.2) is 29.4 Å². The number of hydrogen-bond donors (Lipinski definition) is 1. The number of anilines is 1. The molecule has 0 aromatic heterocycles. The highest BCUT2D eigenvalue weighted by Gasteiger charge is 2.37. The highest BCUT2D eigenvalue weighted by Crippen LogP contribution is 2.28. The van der Waals surface area contributed by atoms with Crippen LogP contribution in [0.2, 0.25) is 5.02 Å². The van der Waals surface area contributed by atoms with Gasteiger partial charge in [0.05, 0.1) is 15.6 Å². The molecule has 1 aliphatic heterocycles. The van der Waals surface area contributed by atoms with Gasteiger partial charge in [0.1, 0.15) is 17.9 Å². The largest absolute Gasteiger partial charge is 0.488 e. The van der Waals surface area contributed by atoms with E-state index in [0.29, 0.717) is 11.3 Å². The minimum Gasteiger partial charge on any atom is -0.488 e. The third-order valence-electron chi connectivity index (χ3n) is 4.04. The average molecular weight is 428 g/mol. The van der Waals surface area contributed by atoms with Gasteiger partial charge in [0.2, 0.25) is 0 Å². The fourth-order valence-corrected chi connectivity index (χ4v) is 2.90. The number of nitrogens with one attached hydrogen (secondary N) is 1. The van der Waals surface area contributed by atoms with Crippen molar-refractivity contribution in [1.82, 2.24) is 5.32 Å². The minimum absolute atomic E-state index is 0.0766. The molecule has 1 aliphatic rings. The lowest BCUT2D eigenvalue weighted by Gasteiger charge is -2.26. The van der Waals surface area contributed by atoms with E-state index in [0.717, 1.165) is 17.0 Å². The zero-order chi connectivity index (χ0) is 21.8. The minimum atomic E-state index is -0.956. The smallest absolute Gasteiger partial charge is 0.335 e. The summed E-state index contributed by atoms with van der Waals surface area (Å²) in [6.07, 6.45) is 2.84. The lowest BCUT2D eigenvalue weighted by atomic mass is 10.1. The number of imide groups is 2. The Hall–Kier alpha value is -3.98. The fraction of sp³-hybridized carbons (Fsp3) is 0.0500. The van der Waals surface area contributed by atoms with Crippen molar-refractivity contribution >= 4 is 46.9 Å². The maximum Gasteiger partial charge on any atom is 0.335 e. The molecule has 10 heteroatoms. The van der Waals surface area contributed by atoms with Crippen molar-refractivity contribution in [3.63, 3.8) is 0 Å². The number of nitrogens with zero attached hydrogens (tertiary/aromatic N) is 2. The molecule has 1 fully saturated rings.